The van der Waals surface area contributed by atoms with Crippen molar-refractivity contribution in [3.63, 3.8) is 0 Å². The van der Waals surface area contributed by atoms with E-state index in [-0.39, 0.29) is 24.3 Å². The molecule has 1 unspecified atom stereocenters. The van der Waals surface area contributed by atoms with Crippen molar-refractivity contribution in [3.05, 3.63) is 29.3 Å². The summed E-state index contributed by atoms with van der Waals surface area (Å²) in [6.07, 6.45) is 4.39. The number of rotatable bonds is 5. The van der Waals surface area contributed by atoms with E-state index in [1.165, 1.54) is 0 Å². The molecular weight excluding hydrogens is 500 g/mol. The number of likely N-dealkylation sites (tertiary alicyclic amines) is 2. The van der Waals surface area contributed by atoms with E-state index in [9.17, 15) is 19.2 Å². The van der Waals surface area contributed by atoms with Crippen LogP contribution in [0.25, 0.3) is 0 Å². The van der Waals surface area contributed by atoms with Crippen molar-refractivity contribution >= 4 is 23.8 Å². The van der Waals surface area contributed by atoms with Gasteiger partial charge in [-0.05, 0) is 84.0 Å². The van der Waals surface area contributed by atoms with Crippen molar-refractivity contribution < 1.29 is 28.7 Å². The van der Waals surface area contributed by atoms with Gasteiger partial charge in [0.2, 0.25) is 11.8 Å². The number of carbonyl (C=O) groups excluding carboxylic acids is 4. The monoisotopic (exact) mass is 540 g/mol. The highest BCUT2D eigenvalue weighted by atomic mass is 16.6. The molecule has 1 aromatic rings. The van der Waals surface area contributed by atoms with Crippen LogP contribution in [0.3, 0.4) is 0 Å². The molecule has 10 nitrogen and oxygen atoms in total. The first-order valence-corrected chi connectivity index (χ1v) is 14.2. The van der Waals surface area contributed by atoms with E-state index in [2.05, 4.69) is 10.2 Å². The minimum atomic E-state index is -0.629. The second kappa shape index (κ2) is 11.2. The average Bonchev–Trinajstić information content (AvgIpc) is 3.23. The zero-order valence-corrected chi connectivity index (χ0v) is 23.2. The maximum absolute atomic E-state index is 13.1. The lowest BCUT2D eigenvalue weighted by atomic mass is 9.94. The Labute approximate surface area is 230 Å². The molecule has 0 aromatic heterocycles. The normalized spacial score (nSPS) is 23.6. The highest BCUT2D eigenvalue weighted by molar-refractivity contribution is 6.05. The van der Waals surface area contributed by atoms with Gasteiger partial charge in [0.25, 0.3) is 5.91 Å². The quantitative estimate of drug-likeness (QED) is 0.572. The summed E-state index contributed by atoms with van der Waals surface area (Å²) in [6, 6.07) is 5.37. The zero-order valence-electron chi connectivity index (χ0n) is 23.2. The Kier molecular flexibility index (Phi) is 7.84. The summed E-state index contributed by atoms with van der Waals surface area (Å²) < 4.78 is 11.8. The summed E-state index contributed by atoms with van der Waals surface area (Å²) >= 11 is 0. The lowest BCUT2D eigenvalue weighted by molar-refractivity contribution is -0.136. The summed E-state index contributed by atoms with van der Waals surface area (Å²) in [5.41, 5.74) is 0.923. The Hall–Kier alpha value is -3.14. The molecule has 3 saturated heterocycles. The Balaban J connectivity index is 1.09. The van der Waals surface area contributed by atoms with Gasteiger partial charge in [0.05, 0.1) is 13.2 Å². The smallest absolute Gasteiger partial charge is 0.410 e. The molecule has 1 atom stereocenters. The molecule has 4 aliphatic heterocycles. The predicted octanol–water partition coefficient (Wildman–Crippen LogP) is 2.94. The first-order chi connectivity index (χ1) is 18.6. The van der Waals surface area contributed by atoms with Gasteiger partial charge in [0.1, 0.15) is 17.4 Å². The molecule has 3 fully saturated rings. The van der Waals surface area contributed by atoms with Crippen LogP contribution in [0, 0.1) is 5.92 Å². The molecule has 0 radical (unpaired) electrons. The molecule has 10 heteroatoms. The molecule has 39 heavy (non-hydrogen) atoms. The van der Waals surface area contributed by atoms with Crippen molar-refractivity contribution in [1.82, 2.24) is 20.0 Å². The maximum Gasteiger partial charge on any atom is 0.410 e. The second-order valence-electron chi connectivity index (χ2n) is 12.2. The fraction of sp³-hybridized carbons (Fsp3) is 0.655. The minimum Gasteiger partial charge on any atom is -0.493 e. The number of ether oxygens (including phenoxy) is 2. The molecule has 1 N–H and O–H groups in total. The molecule has 4 amide bonds. The van der Waals surface area contributed by atoms with Gasteiger partial charge >= 0.3 is 6.09 Å². The van der Waals surface area contributed by atoms with Gasteiger partial charge in [-0.25, -0.2) is 4.79 Å². The number of nitrogens with zero attached hydrogens (tertiary/aromatic N) is 3. The van der Waals surface area contributed by atoms with Gasteiger partial charge < -0.3 is 24.2 Å². The van der Waals surface area contributed by atoms with Gasteiger partial charge in [-0.2, -0.15) is 0 Å². The van der Waals surface area contributed by atoms with Crippen LogP contribution < -0.4 is 10.1 Å². The largest absolute Gasteiger partial charge is 0.493 e. The Morgan fingerprint density at radius 3 is 2.38 bits per heavy atom. The molecule has 5 rings (SSSR count). The van der Waals surface area contributed by atoms with E-state index >= 15 is 0 Å². The number of fused-ring (bicyclic) bond motifs is 1. The van der Waals surface area contributed by atoms with Crippen LogP contribution in [0.1, 0.15) is 75.2 Å². The van der Waals surface area contributed by atoms with Crippen molar-refractivity contribution in [2.75, 3.05) is 32.8 Å². The number of benzene rings is 1. The number of nitrogens with one attached hydrogen (secondary N) is 1. The van der Waals surface area contributed by atoms with Crippen molar-refractivity contribution in [3.8, 4) is 5.75 Å². The van der Waals surface area contributed by atoms with Gasteiger partial charge in [-0.1, -0.05) is 6.07 Å². The summed E-state index contributed by atoms with van der Waals surface area (Å²) in [6.45, 7) is 10.1. The SMILES string of the molecule is CC(C)(C)OC(=O)N1CCC(N2CCC(COc3cccc4c3CN(C3CCC(=O)NC3=O)C4=O)CC2)CC1. The second-order valence-corrected chi connectivity index (χ2v) is 12.2. The third kappa shape index (κ3) is 6.21. The molecule has 0 spiro atoms. The molecule has 0 saturated carbocycles. The minimum absolute atomic E-state index is 0.184. The lowest BCUT2D eigenvalue weighted by Crippen LogP contribution is -2.52. The zero-order chi connectivity index (χ0) is 27.7. The molecular formula is C29H40N4O6. The van der Waals surface area contributed by atoms with E-state index in [0.717, 1.165) is 57.4 Å². The lowest BCUT2D eigenvalue weighted by Gasteiger charge is -2.41. The molecule has 4 aliphatic rings. The average molecular weight is 541 g/mol. The number of piperidine rings is 3. The topological polar surface area (TPSA) is 108 Å². The van der Waals surface area contributed by atoms with Crippen molar-refractivity contribution in [1.29, 1.82) is 0 Å². The Bertz CT molecular complexity index is 1120. The van der Waals surface area contributed by atoms with Gasteiger partial charge in [0, 0.05) is 36.7 Å². The molecule has 0 bridgehead atoms. The first kappa shape index (κ1) is 27.4. The van der Waals surface area contributed by atoms with Gasteiger partial charge in [0.15, 0.2) is 0 Å². The van der Waals surface area contributed by atoms with E-state index in [1.54, 1.807) is 11.0 Å². The van der Waals surface area contributed by atoms with Crippen LogP contribution in [0.5, 0.6) is 5.75 Å². The fourth-order valence-electron chi connectivity index (χ4n) is 6.12. The highest BCUT2D eigenvalue weighted by Gasteiger charge is 2.40. The summed E-state index contributed by atoms with van der Waals surface area (Å²) in [7, 11) is 0. The van der Waals surface area contributed by atoms with Gasteiger partial charge in [-0.3, -0.25) is 19.7 Å². The molecule has 212 valence electrons. The van der Waals surface area contributed by atoms with Crippen LogP contribution in [0.2, 0.25) is 0 Å². The highest BCUT2D eigenvalue weighted by Crippen LogP contribution is 2.34. The summed E-state index contributed by atoms with van der Waals surface area (Å²) in [4.78, 5) is 55.3. The molecule has 1 aromatic carbocycles. The maximum atomic E-state index is 13.1. The van der Waals surface area contributed by atoms with Crippen LogP contribution >= 0.6 is 0 Å². The summed E-state index contributed by atoms with van der Waals surface area (Å²) in [5, 5.41) is 2.35. The van der Waals surface area contributed by atoms with Crippen LogP contribution in [-0.2, 0) is 20.9 Å². The fourth-order valence-corrected chi connectivity index (χ4v) is 6.12. The van der Waals surface area contributed by atoms with Crippen LogP contribution in [0.15, 0.2) is 18.2 Å². The number of imide groups is 1. The van der Waals surface area contributed by atoms with E-state index in [1.807, 2.05) is 37.8 Å². The number of hydrogen-bond donors (Lipinski definition) is 1. The van der Waals surface area contributed by atoms with Crippen molar-refractivity contribution in [2.45, 2.75) is 83.5 Å². The predicted molar refractivity (Wildman–Crippen MR) is 143 cm³/mol. The van der Waals surface area contributed by atoms with Crippen molar-refractivity contribution in [2.24, 2.45) is 5.92 Å². The summed E-state index contributed by atoms with van der Waals surface area (Å²) in [5.74, 6) is 0.254. The third-order valence-corrected chi connectivity index (χ3v) is 8.30. The standard InChI is InChI=1S/C29H40N4O6/c1-29(2,3)39-28(37)32-15-11-20(12-16-32)31-13-9-19(10-14-31)18-38-24-6-4-5-21-22(24)17-33(27(21)36)23-7-8-25(34)30-26(23)35/h4-6,19-20,23H,7-18H2,1-3H3,(H,30,34,35). The van der Waals surface area contributed by atoms with Crippen LogP contribution in [-0.4, -0.2) is 89.0 Å². The molecule has 0 aliphatic carbocycles. The van der Waals surface area contributed by atoms with E-state index < -0.39 is 17.6 Å². The number of amides is 4. The third-order valence-electron chi connectivity index (χ3n) is 8.30. The Morgan fingerprint density at radius 2 is 1.72 bits per heavy atom. The van der Waals surface area contributed by atoms with Crippen LogP contribution in [0.4, 0.5) is 4.79 Å². The first-order valence-electron chi connectivity index (χ1n) is 14.2. The number of hydrogen-bond acceptors (Lipinski definition) is 7. The van der Waals surface area contributed by atoms with E-state index in [4.69, 9.17) is 9.47 Å². The number of carbonyl (C=O) groups is 4. The van der Waals surface area contributed by atoms with E-state index in [0.29, 0.717) is 42.8 Å². The van der Waals surface area contributed by atoms with Gasteiger partial charge in [-0.15, -0.1) is 0 Å². The molecule has 4 heterocycles. The Morgan fingerprint density at radius 1 is 1.00 bits per heavy atom.